The van der Waals surface area contributed by atoms with Crippen molar-refractivity contribution >= 4 is 43.8 Å². The van der Waals surface area contributed by atoms with Gasteiger partial charge in [-0.15, -0.1) is 0 Å². The summed E-state index contributed by atoms with van der Waals surface area (Å²) in [5.74, 6) is 0.243. The van der Waals surface area contributed by atoms with Gasteiger partial charge in [0.15, 0.2) is 0 Å². The maximum atomic E-state index is 11.6. The molecule has 0 radical (unpaired) electrons. The van der Waals surface area contributed by atoms with Crippen molar-refractivity contribution in [2.75, 3.05) is 10.7 Å². The van der Waals surface area contributed by atoms with E-state index < -0.39 is 0 Å². The molecule has 0 amide bonds. The highest BCUT2D eigenvalue weighted by atomic mass is 79.9. The summed E-state index contributed by atoms with van der Waals surface area (Å²) in [7, 11) is 0. The molecular weight excluding hydrogens is 416 g/mol. The molecule has 0 aliphatic heterocycles. The van der Waals surface area contributed by atoms with Gasteiger partial charge in [-0.1, -0.05) is 37.9 Å². The minimum atomic E-state index is -0.276. The SMILES string of the molecule is O=C(CCCCBr)Oc1cccc(OC(=O)CCCCBr)c1. The third-order valence-corrected chi connectivity index (χ3v) is 3.92. The third-order valence-electron chi connectivity index (χ3n) is 2.80. The zero-order valence-corrected chi connectivity index (χ0v) is 15.5. The molecule has 0 unspecified atom stereocenters. The van der Waals surface area contributed by atoms with E-state index in [0.29, 0.717) is 24.3 Å². The molecule has 1 rings (SSSR count). The van der Waals surface area contributed by atoms with Crippen LogP contribution in [0.5, 0.6) is 11.5 Å². The van der Waals surface area contributed by atoms with Crippen LogP contribution in [0.3, 0.4) is 0 Å². The first kappa shape index (κ1) is 19.2. The lowest BCUT2D eigenvalue weighted by Crippen LogP contribution is -2.09. The largest absolute Gasteiger partial charge is 0.426 e. The van der Waals surface area contributed by atoms with Crippen molar-refractivity contribution in [1.29, 1.82) is 0 Å². The molecule has 0 aromatic heterocycles. The van der Waals surface area contributed by atoms with Gasteiger partial charge in [0, 0.05) is 29.6 Å². The second-order valence-corrected chi connectivity index (χ2v) is 6.30. The van der Waals surface area contributed by atoms with Gasteiger partial charge in [0.05, 0.1) is 0 Å². The number of benzene rings is 1. The number of ether oxygens (including phenoxy) is 2. The Kier molecular flexibility index (Phi) is 10.2. The van der Waals surface area contributed by atoms with Gasteiger partial charge in [-0.2, -0.15) is 0 Å². The molecule has 0 saturated carbocycles. The van der Waals surface area contributed by atoms with Gasteiger partial charge in [0.1, 0.15) is 11.5 Å². The van der Waals surface area contributed by atoms with Crippen LogP contribution < -0.4 is 9.47 Å². The molecule has 6 heteroatoms. The number of carbonyl (C=O) groups excluding carboxylic acids is 2. The minimum absolute atomic E-state index is 0.276. The molecule has 0 N–H and O–H groups in total. The summed E-state index contributed by atoms with van der Waals surface area (Å²) in [5, 5.41) is 1.75. The molecular formula is C16H20Br2O4. The van der Waals surface area contributed by atoms with Crippen molar-refractivity contribution in [3.63, 3.8) is 0 Å². The van der Waals surface area contributed by atoms with Crippen molar-refractivity contribution in [3.8, 4) is 11.5 Å². The Morgan fingerprint density at radius 3 is 1.68 bits per heavy atom. The smallest absolute Gasteiger partial charge is 0.311 e. The van der Waals surface area contributed by atoms with Crippen LogP contribution in [0.15, 0.2) is 24.3 Å². The fraction of sp³-hybridized carbons (Fsp3) is 0.500. The highest BCUT2D eigenvalue weighted by molar-refractivity contribution is 9.09. The van der Waals surface area contributed by atoms with Crippen molar-refractivity contribution in [3.05, 3.63) is 24.3 Å². The number of hydrogen-bond donors (Lipinski definition) is 0. The van der Waals surface area contributed by atoms with Crippen molar-refractivity contribution in [2.45, 2.75) is 38.5 Å². The number of alkyl halides is 2. The molecule has 0 fully saturated rings. The van der Waals surface area contributed by atoms with Gasteiger partial charge in [0.25, 0.3) is 0 Å². The second kappa shape index (κ2) is 11.7. The average molecular weight is 436 g/mol. The number of unbranched alkanes of at least 4 members (excludes halogenated alkanes) is 2. The lowest BCUT2D eigenvalue weighted by Gasteiger charge is -2.07. The summed E-state index contributed by atoms with van der Waals surface area (Å²) in [4.78, 5) is 23.3. The van der Waals surface area contributed by atoms with Crippen LogP contribution in [0.2, 0.25) is 0 Å². The van der Waals surface area contributed by atoms with Gasteiger partial charge in [-0.25, -0.2) is 0 Å². The highest BCUT2D eigenvalue weighted by Gasteiger charge is 2.08. The normalized spacial score (nSPS) is 10.3. The Balaban J connectivity index is 2.44. The zero-order valence-electron chi connectivity index (χ0n) is 12.4. The van der Waals surface area contributed by atoms with Gasteiger partial charge in [-0.05, 0) is 37.8 Å². The molecule has 1 aromatic rings. The Hall–Kier alpha value is -0.880. The lowest BCUT2D eigenvalue weighted by molar-refractivity contribution is -0.134. The van der Waals surface area contributed by atoms with Crippen molar-refractivity contribution < 1.29 is 19.1 Å². The van der Waals surface area contributed by atoms with E-state index in [4.69, 9.17) is 9.47 Å². The molecule has 22 heavy (non-hydrogen) atoms. The van der Waals surface area contributed by atoms with E-state index in [1.807, 2.05) is 0 Å². The molecule has 0 heterocycles. The molecule has 4 nitrogen and oxygen atoms in total. The molecule has 0 aliphatic rings. The van der Waals surface area contributed by atoms with E-state index >= 15 is 0 Å². The van der Waals surface area contributed by atoms with E-state index in [1.54, 1.807) is 24.3 Å². The quantitative estimate of drug-likeness (QED) is 0.232. The Labute approximate surface area is 147 Å². The van der Waals surface area contributed by atoms with Crippen LogP contribution in [0.25, 0.3) is 0 Å². The van der Waals surface area contributed by atoms with Crippen LogP contribution in [-0.4, -0.2) is 22.6 Å². The first-order chi connectivity index (χ1) is 10.7. The molecule has 0 aliphatic carbocycles. The van der Waals surface area contributed by atoms with Gasteiger partial charge < -0.3 is 9.47 Å². The third kappa shape index (κ3) is 8.54. The fourth-order valence-corrected chi connectivity index (χ4v) is 2.49. The summed E-state index contributed by atoms with van der Waals surface area (Å²) in [6.45, 7) is 0. The van der Waals surface area contributed by atoms with Crippen LogP contribution in [0.4, 0.5) is 0 Å². The van der Waals surface area contributed by atoms with Crippen molar-refractivity contribution in [2.24, 2.45) is 0 Å². The molecule has 122 valence electrons. The maximum Gasteiger partial charge on any atom is 0.311 e. The number of esters is 2. The summed E-state index contributed by atoms with van der Waals surface area (Å²) in [6, 6.07) is 6.60. The summed E-state index contributed by atoms with van der Waals surface area (Å²) >= 11 is 6.64. The summed E-state index contributed by atoms with van der Waals surface area (Å²) in [5.41, 5.74) is 0. The first-order valence-electron chi connectivity index (χ1n) is 7.29. The molecule has 1 aromatic carbocycles. The van der Waals surface area contributed by atoms with E-state index in [9.17, 15) is 9.59 Å². The average Bonchev–Trinajstić information content (AvgIpc) is 2.48. The van der Waals surface area contributed by atoms with E-state index in [1.165, 1.54) is 0 Å². The molecule has 0 spiro atoms. The number of rotatable bonds is 10. The molecule has 0 atom stereocenters. The van der Waals surface area contributed by atoms with E-state index in [-0.39, 0.29) is 11.9 Å². The number of carbonyl (C=O) groups is 2. The van der Waals surface area contributed by atoms with E-state index in [2.05, 4.69) is 31.9 Å². The predicted octanol–water partition coefficient (Wildman–Crippen LogP) is 4.63. The lowest BCUT2D eigenvalue weighted by atomic mass is 10.2. The number of halogens is 2. The molecule has 0 saturated heterocycles. The first-order valence-corrected chi connectivity index (χ1v) is 9.53. The minimum Gasteiger partial charge on any atom is -0.426 e. The van der Waals surface area contributed by atoms with Gasteiger partial charge >= 0.3 is 11.9 Å². The Morgan fingerprint density at radius 2 is 1.27 bits per heavy atom. The predicted molar refractivity (Wildman–Crippen MR) is 93.0 cm³/mol. The second-order valence-electron chi connectivity index (χ2n) is 4.72. The monoisotopic (exact) mass is 434 g/mol. The molecule has 0 bridgehead atoms. The van der Waals surface area contributed by atoms with Crippen LogP contribution in [0, 0.1) is 0 Å². The van der Waals surface area contributed by atoms with Crippen LogP contribution >= 0.6 is 31.9 Å². The van der Waals surface area contributed by atoms with Gasteiger partial charge in [-0.3, -0.25) is 9.59 Å². The fourth-order valence-electron chi connectivity index (χ4n) is 1.69. The standard InChI is InChI=1S/C16H20Br2O4/c17-10-3-1-8-15(19)21-13-6-5-7-14(12-13)22-16(20)9-2-4-11-18/h5-7,12H,1-4,8-11H2. The van der Waals surface area contributed by atoms with Gasteiger partial charge in [0.2, 0.25) is 0 Å². The van der Waals surface area contributed by atoms with E-state index in [0.717, 1.165) is 36.3 Å². The Bertz CT molecular complexity index is 438. The zero-order chi connectivity index (χ0) is 16.2. The highest BCUT2D eigenvalue weighted by Crippen LogP contribution is 2.20. The summed E-state index contributed by atoms with van der Waals surface area (Å²) < 4.78 is 10.5. The number of hydrogen-bond acceptors (Lipinski definition) is 4. The van der Waals surface area contributed by atoms with Crippen LogP contribution in [0.1, 0.15) is 38.5 Å². The van der Waals surface area contributed by atoms with Crippen molar-refractivity contribution in [1.82, 2.24) is 0 Å². The maximum absolute atomic E-state index is 11.6. The Morgan fingerprint density at radius 1 is 0.818 bits per heavy atom. The topological polar surface area (TPSA) is 52.6 Å². The van der Waals surface area contributed by atoms with Crippen LogP contribution in [-0.2, 0) is 9.59 Å². The summed E-state index contributed by atoms with van der Waals surface area (Å²) in [6.07, 6.45) is 4.19.